The Morgan fingerprint density at radius 2 is 2.17 bits per heavy atom. The highest BCUT2D eigenvalue weighted by Gasteiger charge is 2.28. The van der Waals surface area contributed by atoms with Crippen LogP contribution in [0, 0.1) is 12.8 Å². The van der Waals surface area contributed by atoms with Gasteiger partial charge in [0.25, 0.3) is 0 Å². The van der Waals surface area contributed by atoms with Crippen molar-refractivity contribution in [2.75, 3.05) is 13.1 Å². The van der Waals surface area contributed by atoms with E-state index in [1.165, 1.54) is 0 Å². The molecule has 0 atom stereocenters. The standard InChI is InChI=1S/C14H20N2O2/c1-10-3-2-4-12(13(10)17)9-15-7-8-16-14(18)11-5-6-11/h2-4,11,15,17H,5-9H2,1H3,(H,16,18). The molecule has 1 aromatic rings. The number of hydrogen-bond donors (Lipinski definition) is 3. The molecule has 1 saturated carbocycles. The van der Waals surface area contributed by atoms with Crippen molar-refractivity contribution in [1.82, 2.24) is 10.6 Å². The van der Waals surface area contributed by atoms with E-state index in [2.05, 4.69) is 10.6 Å². The number of aromatic hydroxyl groups is 1. The lowest BCUT2D eigenvalue weighted by atomic mass is 10.1. The van der Waals surface area contributed by atoms with Crippen LogP contribution in [0.4, 0.5) is 0 Å². The number of nitrogens with one attached hydrogen (secondary N) is 2. The molecule has 0 radical (unpaired) electrons. The highest BCUT2D eigenvalue weighted by Crippen LogP contribution is 2.28. The van der Waals surface area contributed by atoms with E-state index in [1.807, 2.05) is 25.1 Å². The number of hydrogen-bond acceptors (Lipinski definition) is 3. The number of phenols is 1. The smallest absolute Gasteiger partial charge is 0.223 e. The lowest BCUT2D eigenvalue weighted by Crippen LogP contribution is -2.32. The van der Waals surface area contributed by atoms with Gasteiger partial charge in [-0.05, 0) is 25.3 Å². The largest absolute Gasteiger partial charge is 0.507 e. The van der Waals surface area contributed by atoms with Gasteiger partial charge in [0.15, 0.2) is 0 Å². The summed E-state index contributed by atoms with van der Waals surface area (Å²) in [5, 5.41) is 15.9. The molecule has 1 aromatic carbocycles. The minimum absolute atomic E-state index is 0.176. The SMILES string of the molecule is Cc1cccc(CNCCNC(=O)C2CC2)c1O. The van der Waals surface area contributed by atoms with E-state index in [4.69, 9.17) is 0 Å². The summed E-state index contributed by atoms with van der Waals surface area (Å²) in [6, 6.07) is 5.72. The van der Waals surface area contributed by atoms with Crippen molar-refractivity contribution in [2.45, 2.75) is 26.3 Å². The number of para-hydroxylation sites is 1. The first-order valence-corrected chi connectivity index (χ1v) is 6.44. The van der Waals surface area contributed by atoms with Crippen molar-refractivity contribution >= 4 is 5.91 Å². The Hall–Kier alpha value is -1.55. The first-order chi connectivity index (χ1) is 8.68. The van der Waals surface area contributed by atoms with E-state index in [9.17, 15) is 9.90 Å². The molecule has 0 saturated heterocycles. The van der Waals surface area contributed by atoms with Gasteiger partial charge in [0.1, 0.15) is 5.75 Å². The van der Waals surface area contributed by atoms with Crippen molar-refractivity contribution in [1.29, 1.82) is 0 Å². The summed E-state index contributed by atoms with van der Waals surface area (Å²) >= 11 is 0. The third-order valence-electron chi connectivity index (χ3n) is 3.19. The van der Waals surface area contributed by atoms with Gasteiger partial charge in [-0.1, -0.05) is 18.2 Å². The molecule has 0 aliphatic heterocycles. The third kappa shape index (κ3) is 3.47. The molecule has 3 N–H and O–H groups in total. The molecule has 2 rings (SSSR count). The fourth-order valence-electron chi connectivity index (χ4n) is 1.85. The van der Waals surface area contributed by atoms with Crippen LogP contribution in [-0.2, 0) is 11.3 Å². The molecule has 1 aliphatic rings. The van der Waals surface area contributed by atoms with Crippen LogP contribution in [0.25, 0.3) is 0 Å². The minimum Gasteiger partial charge on any atom is -0.507 e. The molecule has 0 bridgehead atoms. The van der Waals surface area contributed by atoms with E-state index in [0.29, 0.717) is 25.4 Å². The van der Waals surface area contributed by atoms with Gasteiger partial charge in [-0.25, -0.2) is 0 Å². The molecule has 0 unspecified atom stereocenters. The van der Waals surface area contributed by atoms with E-state index < -0.39 is 0 Å². The quantitative estimate of drug-likeness (QED) is 0.665. The van der Waals surface area contributed by atoms with Crippen molar-refractivity contribution in [3.8, 4) is 5.75 Å². The number of phenolic OH excluding ortho intramolecular Hbond substituents is 1. The summed E-state index contributed by atoms with van der Waals surface area (Å²) in [4.78, 5) is 11.4. The zero-order chi connectivity index (χ0) is 13.0. The van der Waals surface area contributed by atoms with E-state index in [0.717, 1.165) is 24.0 Å². The normalized spacial score (nSPS) is 14.5. The molecular formula is C14H20N2O2. The summed E-state index contributed by atoms with van der Waals surface area (Å²) < 4.78 is 0. The number of benzene rings is 1. The summed E-state index contributed by atoms with van der Waals surface area (Å²) in [5.41, 5.74) is 1.78. The molecule has 0 aromatic heterocycles. The molecule has 18 heavy (non-hydrogen) atoms. The third-order valence-corrected chi connectivity index (χ3v) is 3.19. The van der Waals surface area contributed by atoms with Crippen LogP contribution in [0.3, 0.4) is 0 Å². The molecule has 1 fully saturated rings. The average Bonchev–Trinajstić information content (AvgIpc) is 3.18. The Bertz CT molecular complexity index is 428. The average molecular weight is 248 g/mol. The molecule has 98 valence electrons. The number of carbonyl (C=O) groups is 1. The predicted octanol–water partition coefficient (Wildman–Crippen LogP) is 1.32. The van der Waals surface area contributed by atoms with Crippen LogP contribution in [0.2, 0.25) is 0 Å². The van der Waals surface area contributed by atoms with Gasteiger partial charge in [-0.15, -0.1) is 0 Å². The number of amides is 1. The number of carbonyl (C=O) groups excluding carboxylic acids is 1. The maximum absolute atomic E-state index is 11.4. The van der Waals surface area contributed by atoms with Crippen molar-refractivity contribution in [3.63, 3.8) is 0 Å². The Kier molecular flexibility index (Phi) is 4.20. The van der Waals surface area contributed by atoms with E-state index in [-0.39, 0.29) is 11.8 Å². The minimum atomic E-state index is 0.176. The fourth-order valence-corrected chi connectivity index (χ4v) is 1.85. The zero-order valence-corrected chi connectivity index (χ0v) is 10.7. The second-order valence-electron chi connectivity index (χ2n) is 4.82. The summed E-state index contributed by atoms with van der Waals surface area (Å²) in [6.45, 7) is 3.86. The van der Waals surface area contributed by atoms with Crippen LogP contribution in [0.15, 0.2) is 18.2 Å². The maximum Gasteiger partial charge on any atom is 0.223 e. The Morgan fingerprint density at radius 3 is 2.89 bits per heavy atom. The van der Waals surface area contributed by atoms with Gasteiger partial charge >= 0.3 is 0 Å². The van der Waals surface area contributed by atoms with Crippen LogP contribution < -0.4 is 10.6 Å². The Morgan fingerprint density at radius 1 is 1.39 bits per heavy atom. The van der Waals surface area contributed by atoms with Crippen LogP contribution >= 0.6 is 0 Å². The van der Waals surface area contributed by atoms with Crippen LogP contribution in [0.5, 0.6) is 5.75 Å². The van der Waals surface area contributed by atoms with Gasteiger partial charge in [0, 0.05) is 31.1 Å². The molecule has 4 nitrogen and oxygen atoms in total. The lowest BCUT2D eigenvalue weighted by Gasteiger charge is -2.09. The molecule has 4 heteroatoms. The second-order valence-corrected chi connectivity index (χ2v) is 4.82. The monoisotopic (exact) mass is 248 g/mol. The van der Waals surface area contributed by atoms with E-state index in [1.54, 1.807) is 0 Å². The number of aryl methyl sites for hydroxylation is 1. The van der Waals surface area contributed by atoms with Gasteiger partial charge in [0.05, 0.1) is 0 Å². The van der Waals surface area contributed by atoms with Gasteiger partial charge in [-0.2, -0.15) is 0 Å². The van der Waals surface area contributed by atoms with Gasteiger partial charge < -0.3 is 15.7 Å². The Balaban J connectivity index is 1.65. The first-order valence-electron chi connectivity index (χ1n) is 6.44. The van der Waals surface area contributed by atoms with Crippen molar-refractivity contribution in [3.05, 3.63) is 29.3 Å². The lowest BCUT2D eigenvalue weighted by molar-refractivity contribution is -0.122. The molecule has 1 aliphatic carbocycles. The van der Waals surface area contributed by atoms with Gasteiger partial charge in [0.2, 0.25) is 5.91 Å². The highest BCUT2D eigenvalue weighted by atomic mass is 16.3. The van der Waals surface area contributed by atoms with Crippen molar-refractivity contribution in [2.24, 2.45) is 5.92 Å². The van der Waals surface area contributed by atoms with Gasteiger partial charge in [-0.3, -0.25) is 4.79 Å². The number of rotatable bonds is 6. The molecular weight excluding hydrogens is 228 g/mol. The summed E-state index contributed by atoms with van der Waals surface area (Å²) in [6.07, 6.45) is 2.08. The van der Waals surface area contributed by atoms with Crippen molar-refractivity contribution < 1.29 is 9.90 Å². The fraction of sp³-hybridized carbons (Fsp3) is 0.500. The molecule has 0 spiro atoms. The highest BCUT2D eigenvalue weighted by molar-refractivity contribution is 5.80. The van der Waals surface area contributed by atoms with Crippen LogP contribution in [0.1, 0.15) is 24.0 Å². The molecule has 1 amide bonds. The molecule has 0 heterocycles. The van der Waals surface area contributed by atoms with E-state index >= 15 is 0 Å². The van der Waals surface area contributed by atoms with Crippen LogP contribution in [-0.4, -0.2) is 24.1 Å². The summed E-state index contributed by atoms with van der Waals surface area (Å²) in [7, 11) is 0. The maximum atomic E-state index is 11.4. The topological polar surface area (TPSA) is 61.4 Å². The summed E-state index contributed by atoms with van der Waals surface area (Å²) in [5.74, 6) is 0.799. The second kappa shape index (κ2) is 5.87. The zero-order valence-electron chi connectivity index (χ0n) is 10.7. The first kappa shape index (κ1) is 12.9. The predicted molar refractivity (Wildman–Crippen MR) is 70.3 cm³/mol. The Labute approximate surface area is 107 Å².